The predicted octanol–water partition coefficient (Wildman–Crippen LogP) is 7.04. The molecule has 2 aromatic rings. The third-order valence-electron chi connectivity index (χ3n) is 7.80. The molecule has 0 aromatic heterocycles. The minimum atomic E-state index is -0.957. The molecule has 2 aromatic carbocycles. The highest BCUT2D eigenvalue weighted by atomic mass is 16.5. The molecule has 0 bridgehead atoms. The highest BCUT2D eigenvalue weighted by Crippen LogP contribution is 2.40. The van der Waals surface area contributed by atoms with Gasteiger partial charge in [0.1, 0.15) is 17.1 Å². The average Bonchev–Trinajstić information content (AvgIpc) is 3.47. The molecule has 1 N–H and O–H groups in total. The van der Waals surface area contributed by atoms with Crippen LogP contribution in [-0.2, 0) is 22.6 Å². The maximum absolute atomic E-state index is 13.5. The van der Waals surface area contributed by atoms with E-state index in [9.17, 15) is 14.7 Å². The van der Waals surface area contributed by atoms with E-state index in [0.717, 1.165) is 80.3 Å². The van der Waals surface area contributed by atoms with Crippen molar-refractivity contribution in [1.29, 1.82) is 0 Å². The van der Waals surface area contributed by atoms with Crippen molar-refractivity contribution < 1.29 is 19.4 Å². The lowest BCUT2D eigenvalue weighted by Gasteiger charge is -2.23. The van der Waals surface area contributed by atoms with Crippen molar-refractivity contribution in [2.45, 2.75) is 104 Å². The first-order valence-corrected chi connectivity index (χ1v) is 14.3. The van der Waals surface area contributed by atoms with E-state index in [-0.39, 0.29) is 11.8 Å². The van der Waals surface area contributed by atoms with E-state index in [0.29, 0.717) is 12.3 Å². The van der Waals surface area contributed by atoms with E-state index in [1.54, 1.807) is 0 Å². The zero-order chi connectivity index (χ0) is 27.3. The second-order valence-electron chi connectivity index (χ2n) is 11.1. The molecule has 1 spiro atoms. The van der Waals surface area contributed by atoms with Crippen molar-refractivity contribution in [3.63, 3.8) is 0 Å². The van der Waals surface area contributed by atoms with Gasteiger partial charge >= 0.3 is 5.97 Å². The number of aliphatic carboxylic acids is 1. The van der Waals surface area contributed by atoms with Crippen molar-refractivity contribution >= 4 is 17.7 Å². The molecule has 204 valence electrons. The van der Waals surface area contributed by atoms with Crippen LogP contribution in [0, 0.1) is 5.92 Å². The van der Waals surface area contributed by atoms with Gasteiger partial charge in [0.25, 0.3) is 5.91 Å². The molecular weight excluding hydrogens is 476 g/mol. The number of unbranched alkanes of at least 4 members (excludes halogenated alkanes) is 1. The lowest BCUT2D eigenvalue weighted by Crippen LogP contribution is -2.40. The number of carbonyl (C=O) groups excluding carboxylic acids is 1. The average molecular weight is 519 g/mol. The first-order chi connectivity index (χ1) is 18.3. The second kappa shape index (κ2) is 12.1. The fourth-order valence-electron chi connectivity index (χ4n) is 5.67. The Morgan fingerprint density at radius 2 is 1.76 bits per heavy atom. The minimum absolute atomic E-state index is 0.145. The number of ether oxygens (including phenoxy) is 1. The molecule has 1 amide bonds. The van der Waals surface area contributed by atoms with Gasteiger partial charge in [-0.3, -0.25) is 14.7 Å². The van der Waals surface area contributed by atoms with Crippen molar-refractivity contribution in [3.05, 3.63) is 53.6 Å². The number of amidine groups is 1. The predicted molar refractivity (Wildman–Crippen MR) is 151 cm³/mol. The van der Waals surface area contributed by atoms with E-state index >= 15 is 0 Å². The van der Waals surface area contributed by atoms with E-state index < -0.39 is 17.6 Å². The summed E-state index contributed by atoms with van der Waals surface area (Å²) >= 11 is 0. The molecule has 6 heteroatoms. The van der Waals surface area contributed by atoms with Crippen LogP contribution in [0.5, 0.6) is 5.75 Å². The Labute approximate surface area is 227 Å². The van der Waals surface area contributed by atoms with Crippen molar-refractivity contribution in [2.75, 3.05) is 0 Å². The minimum Gasteiger partial charge on any atom is -0.478 e. The summed E-state index contributed by atoms with van der Waals surface area (Å²) in [6.45, 7) is 8.56. The van der Waals surface area contributed by atoms with Gasteiger partial charge in [-0.25, -0.2) is 4.79 Å². The summed E-state index contributed by atoms with van der Waals surface area (Å²) in [7, 11) is 0. The Bertz CT molecular complexity index is 1160. The maximum atomic E-state index is 13.5. The third-order valence-corrected chi connectivity index (χ3v) is 7.80. The first kappa shape index (κ1) is 27.9. The molecule has 1 heterocycles. The van der Waals surface area contributed by atoms with Gasteiger partial charge < -0.3 is 9.84 Å². The summed E-state index contributed by atoms with van der Waals surface area (Å²) in [6, 6.07) is 14.3. The number of hydrogen-bond acceptors (Lipinski definition) is 4. The number of aryl methyl sites for hydroxylation is 1. The van der Waals surface area contributed by atoms with Gasteiger partial charge in [-0.1, -0.05) is 83.7 Å². The van der Waals surface area contributed by atoms with Crippen LogP contribution in [0.1, 0.15) is 90.2 Å². The monoisotopic (exact) mass is 518 g/mol. The molecule has 2 aliphatic rings. The van der Waals surface area contributed by atoms with Crippen LogP contribution in [0.25, 0.3) is 11.1 Å². The second-order valence-corrected chi connectivity index (χ2v) is 11.1. The standard InChI is InChI=1S/C32H42N2O4/c1-5-7-11-28-33-32(18-8-9-19-32)31(37)34(28)21-23-12-14-25(15-13-23)27-20-26(17-16-24(27)10-6-2)38-29(22(3)4)30(35)36/h12-17,20,22,29H,5-11,18-19,21H2,1-4H3,(H,35,36). The van der Waals surface area contributed by atoms with Gasteiger partial charge in [0.2, 0.25) is 0 Å². The molecule has 38 heavy (non-hydrogen) atoms. The summed E-state index contributed by atoms with van der Waals surface area (Å²) in [5.41, 5.74) is 3.88. The fourth-order valence-corrected chi connectivity index (χ4v) is 5.67. The van der Waals surface area contributed by atoms with Crippen LogP contribution >= 0.6 is 0 Å². The Morgan fingerprint density at radius 3 is 2.37 bits per heavy atom. The molecular formula is C32H42N2O4. The number of carboxylic acids is 1. The Balaban J connectivity index is 1.57. The van der Waals surface area contributed by atoms with E-state index in [2.05, 4.69) is 38.1 Å². The quantitative estimate of drug-likeness (QED) is 0.327. The molecule has 6 nitrogen and oxygen atoms in total. The van der Waals surface area contributed by atoms with Gasteiger partial charge in [-0.05, 0) is 60.1 Å². The van der Waals surface area contributed by atoms with Gasteiger partial charge in [-0.15, -0.1) is 0 Å². The first-order valence-electron chi connectivity index (χ1n) is 14.3. The van der Waals surface area contributed by atoms with Crippen LogP contribution in [0.4, 0.5) is 0 Å². The molecule has 1 fully saturated rings. The number of hydrogen-bond donors (Lipinski definition) is 1. The zero-order valence-corrected chi connectivity index (χ0v) is 23.3. The Hall–Kier alpha value is -3.15. The Morgan fingerprint density at radius 1 is 1.05 bits per heavy atom. The molecule has 1 aliphatic heterocycles. The molecule has 4 rings (SSSR count). The summed E-state index contributed by atoms with van der Waals surface area (Å²) in [5.74, 6) is 0.593. The molecule has 1 aliphatic carbocycles. The highest BCUT2D eigenvalue weighted by molar-refractivity contribution is 6.08. The summed E-state index contributed by atoms with van der Waals surface area (Å²) in [5, 5.41) is 9.57. The van der Waals surface area contributed by atoms with Crippen molar-refractivity contribution in [1.82, 2.24) is 4.90 Å². The number of benzene rings is 2. The van der Waals surface area contributed by atoms with Crippen LogP contribution in [0.3, 0.4) is 0 Å². The maximum Gasteiger partial charge on any atom is 0.345 e. The van der Waals surface area contributed by atoms with E-state index in [4.69, 9.17) is 9.73 Å². The molecule has 1 atom stereocenters. The summed E-state index contributed by atoms with van der Waals surface area (Å²) < 4.78 is 5.89. The number of amides is 1. The van der Waals surface area contributed by atoms with Crippen LogP contribution in [0.15, 0.2) is 47.5 Å². The number of rotatable bonds is 12. The zero-order valence-electron chi connectivity index (χ0n) is 23.3. The number of aliphatic imine (C=N–C) groups is 1. The highest BCUT2D eigenvalue weighted by Gasteiger charge is 2.49. The largest absolute Gasteiger partial charge is 0.478 e. The van der Waals surface area contributed by atoms with Crippen molar-refractivity contribution in [3.8, 4) is 16.9 Å². The SMILES string of the molecule is CCCCC1=NC2(CCCC2)C(=O)N1Cc1ccc(-c2cc(OC(C(=O)O)C(C)C)ccc2CCC)cc1. The third kappa shape index (κ3) is 5.95. The topological polar surface area (TPSA) is 79.2 Å². The normalized spacial score (nSPS) is 17.3. The lowest BCUT2D eigenvalue weighted by molar-refractivity contribution is -0.147. The van der Waals surface area contributed by atoms with Crippen LogP contribution in [0.2, 0.25) is 0 Å². The lowest BCUT2D eigenvalue weighted by atomic mass is 9.95. The summed E-state index contributed by atoms with van der Waals surface area (Å²) in [4.78, 5) is 32.1. The molecule has 1 unspecified atom stereocenters. The smallest absolute Gasteiger partial charge is 0.345 e. The molecule has 1 saturated carbocycles. The number of nitrogens with zero attached hydrogens (tertiary/aromatic N) is 2. The molecule has 0 saturated heterocycles. The Kier molecular flexibility index (Phi) is 8.91. The van der Waals surface area contributed by atoms with E-state index in [1.807, 2.05) is 36.9 Å². The van der Waals surface area contributed by atoms with Crippen molar-refractivity contribution in [2.24, 2.45) is 10.9 Å². The van der Waals surface area contributed by atoms with Gasteiger partial charge in [0, 0.05) is 12.3 Å². The molecule has 0 radical (unpaired) electrons. The van der Waals surface area contributed by atoms with E-state index in [1.165, 1.54) is 5.56 Å². The number of carbonyl (C=O) groups is 2. The van der Waals surface area contributed by atoms with Crippen LogP contribution < -0.4 is 4.74 Å². The number of carboxylic acid groups (broad SMARTS) is 1. The van der Waals surface area contributed by atoms with Gasteiger partial charge in [0.15, 0.2) is 6.10 Å². The van der Waals surface area contributed by atoms with Gasteiger partial charge in [-0.2, -0.15) is 0 Å². The van der Waals surface area contributed by atoms with Crippen LogP contribution in [-0.4, -0.2) is 39.4 Å². The fraction of sp³-hybridized carbons (Fsp3) is 0.531. The summed E-state index contributed by atoms with van der Waals surface area (Å²) in [6.07, 6.45) is 7.89. The van der Waals surface area contributed by atoms with Gasteiger partial charge in [0.05, 0.1) is 6.54 Å².